The Morgan fingerprint density at radius 1 is 1.00 bits per heavy atom. The first-order chi connectivity index (χ1) is 10.1. The molecule has 0 aromatic heterocycles. The third kappa shape index (κ3) is 4.39. The van der Waals surface area contributed by atoms with E-state index in [-0.39, 0.29) is 5.46 Å². The molecule has 0 heterocycles. The van der Waals surface area contributed by atoms with Crippen LogP contribution >= 0.6 is 0 Å². The predicted molar refractivity (Wildman–Crippen MR) is 82.5 cm³/mol. The minimum absolute atomic E-state index is 0.0803. The van der Waals surface area contributed by atoms with Crippen LogP contribution in [0, 0.1) is 5.82 Å². The van der Waals surface area contributed by atoms with E-state index in [0.29, 0.717) is 6.54 Å². The highest BCUT2D eigenvalue weighted by Gasteiger charge is 2.17. The summed E-state index contributed by atoms with van der Waals surface area (Å²) >= 11 is 0. The van der Waals surface area contributed by atoms with Crippen molar-refractivity contribution in [2.75, 3.05) is 6.54 Å². The van der Waals surface area contributed by atoms with E-state index in [1.807, 2.05) is 18.2 Å². The molecule has 0 aliphatic rings. The fourth-order valence-corrected chi connectivity index (χ4v) is 2.27. The summed E-state index contributed by atoms with van der Waals surface area (Å²) in [6, 6.07) is 14.6. The third-order valence-electron chi connectivity index (χ3n) is 3.44. The average Bonchev–Trinajstić information content (AvgIpc) is 2.49. The lowest BCUT2D eigenvalue weighted by Gasteiger charge is -2.21. The van der Waals surface area contributed by atoms with Crippen LogP contribution in [0.25, 0.3) is 0 Å². The first-order valence-corrected chi connectivity index (χ1v) is 7.01. The van der Waals surface area contributed by atoms with Gasteiger partial charge in [-0.15, -0.1) is 0 Å². The molecule has 2 aromatic rings. The summed E-state index contributed by atoms with van der Waals surface area (Å²) in [6.45, 7) is 4.34. The Kier molecular flexibility index (Phi) is 5.50. The molecule has 2 N–H and O–H groups in total. The van der Waals surface area contributed by atoms with Crippen LogP contribution in [0.4, 0.5) is 4.39 Å². The summed E-state index contributed by atoms with van der Waals surface area (Å²) < 4.78 is 13.5. The van der Waals surface area contributed by atoms with Crippen molar-refractivity contribution in [2.24, 2.45) is 0 Å². The highest BCUT2D eigenvalue weighted by atomic mass is 19.1. The smallest absolute Gasteiger partial charge is 0.423 e. The van der Waals surface area contributed by atoms with E-state index in [9.17, 15) is 4.39 Å². The first kappa shape index (κ1) is 15.7. The third-order valence-corrected chi connectivity index (χ3v) is 3.44. The minimum Gasteiger partial charge on any atom is -0.423 e. The van der Waals surface area contributed by atoms with Crippen LogP contribution in [0.5, 0.6) is 0 Å². The molecule has 0 saturated carbocycles. The normalized spacial score (nSPS) is 10.9. The van der Waals surface area contributed by atoms with Gasteiger partial charge in [0.25, 0.3) is 0 Å². The fraction of sp³-hybridized carbons (Fsp3) is 0.250. The van der Waals surface area contributed by atoms with Crippen molar-refractivity contribution < 1.29 is 14.4 Å². The van der Waals surface area contributed by atoms with Crippen molar-refractivity contribution in [3.8, 4) is 0 Å². The zero-order chi connectivity index (χ0) is 15.2. The molecule has 0 fully saturated rings. The van der Waals surface area contributed by atoms with E-state index in [2.05, 4.69) is 24.0 Å². The van der Waals surface area contributed by atoms with Gasteiger partial charge in [-0.05, 0) is 23.7 Å². The summed E-state index contributed by atoms with van der Waals surface area (Å²) in [5, 5.41) is 18.3. The molecule has 0 aliphatic heterocycles. The van der Waals surface area contributed by atoms with Crippen LogP contribution in [0.1, 0.15) is 18.1 Å². The van der Waals surface area contributed by atoms with Crippen molar-refractivity contribution in [1.82, 2.24) is 4.90 Å². The monoisotopic (exact) mass is 287 g/mol. The number of hydrogen-bond donors (Lipinski definition) is 2. The summed E-state index contributed by atoms with van der Waals surface area (Å²) in [4.78, 5) is 2.20. The Balaban J connectivity index is 2.10. The van der Waals surface area contributed by atoms with Gasteiger partial charge in [-0.1, -0.05) is 49.4 Å². The molecule has 0 spiro atoms. The standard InChI is InChI=1S/C16H19BFNO2/c1-2-19(11-13-6-4-3-5-7-13)12-14-8-9-16(18)15(10-14)17(20)21/h3-10,20-21H,2,11-12H2,1H3. The zero-order valence-electron chi connectivity index (χ0n) is 12.0. The largest absolute Gasteiger partial charge is 0.491 e. The molecular formula is C16H19BFNO2. The SMILES string of the molecule is CCN(Cc1ccccc1)Cc1ccc(F)c(B(O)O)c1. The summed E-state index contributed by atoms with van der Waals surface area (Å²) in [7, 11) is -1.78. The Hall–Kier alpha value is -1.69. The summed E-state index contributed by atoms with van der Waals surface area (Å²) in [6.07, 6.45) is 0. The molecule has 110 valence electrons. The van der Waals surface area contributed by atoms with Gasteiger partial charge in [0, 0.05) is 18.6 Å². The molecule has 0 saturated heterocycles. The van der Waals surface area contributed by atoms with Crippen LogP contribution in [-0.2, 0) is 13.1 Å². The highest BCUT2D eigenvalue weighted by molar-refractivity contribution is 6.58. The molecule has 0 atom stereocenters. The summed E-state index contributed by atoms with van der Waals surface area (Å²) in [5.74, 6) is -0.597. The van der Waals surface area contributed by atoms with Gasteiger partial charge in [0.2, 0.25) is 0 Å². The maximum Gasteiger partial charge on any atom is 0.491 e. The van der Waals surface area contributed by atoms with Crippen molar-refractivity contribution in [3.05, 3.63) is 65.5 Å². The van der Waals surface area contributed by atoms with Crippen molar-refractivity contribution in [2.45, 2.75) is 20.0 Å². The number of rotatable bonds is 6. The van der Waals surface area contributed by atoms with Gasteiger partial charge in [-0.25, -0.2) is 4.39 Å². The Morgan fingerprint density at radius 3 is 2.29 bits per heavy atom. The van der Waals surface area contributed by atoms with Crippen molar-refractivity contribution in [3.63, 3.8) is 0 Å². The van der Waals surface area contributed by atoms with E-state index in [0.717, 1.165) is 18.7 Å². The van der Waals surface area contributed by atoms with E-state index < -0.39 is 12.9 Å². The molecule has 0 unspecified atom stereocenters. The molecule has 0 bridgehead atoms. The topological polar surface area (TPSA) is 43.7 Å². The zero-order valence-corrected chi connectivity index (χ0v) is 12.0. The Morgan fingerprint density at radius 2 is 1.67 bits per heavy atom. The molecule has 2 aromatic carbocycles. The predicted octanol–water partition coefficient (Wildman–Crippen LogP) is 1.53. The number of hydrogen-bond acceptors (Lipinski definition) is 3. The first-order valence-electron chi connectivity index (χ1n) is 7.01. The van der Waals surface area contributed by atoms with E-state index >= 15 is 0 Å². The lowest BCUT2D eigenvalue weighted by Crippen LogP contribution is -2.33. The van der Waals surface area contributed by atoms with Crippen LogP contribution in [-0.4, -0.2) is 28.6 Å². The van der Waals surface area contributed by atoms with Gasteiger partial charge in [-0.2, -0.15) is 0 Å². The molecule has 0 radical (unpaired) electrons. The average molecular weight is 287 g/mol. The molecule has 5 heteroatoms. The molecular weight excluding hydrogens is 268 g/mol. The molecule has 21 heavy (non-hydrogen) atoms. The van der Waals surface area contributed by atoms with E-state index in [1.165, 1.54) is 17.7 Å². The van der Waals surface area contributed by atoms with Gasteiger partial charge in [-0.3, -0.25) is 4.90 Å². The van der Waals surface area contributed by atoms with E-state index in [4.69, 9.17) is 10.0 Å². The lowest BCUT2D eigenvalue weighted by molar-refractivity contribution is 0.271. The summed E-state index contributed by atoms with van der Waals surface area (Å²) in [5.41, 5.74) is 1.99. The van der Waals surface area contributed by atoms with Crippen LogP contribution in [0.2, 0.25) is 0 Å². The van der Waals surface area contributed by atoms with Gasteiger partial charge < -0.3 is 10.0 Å². The maximum absolute atomic E-state index is 13.5. The minimum atomic E-state index is -1.78. The molecule has 2 rings (SSSR count). The molecule has 3 nitrogen and oxygen atoms in total. The number of benzene rings is 2. The second-order valence-electron chi connectivity index (χ2n) is 5.02. The molecule has 0 aliphatic carbocycles. The Labute approximate surface area is 124 Å². The lowest BCUT2D eigenvalue weighted by atomic mass is 9.79. The molecule has 0 amide bonds. The second kappa shape index (κ2) is 7.36. The van der Waals surface area contributed by atoms with Crippen molar-refractivity contribution in [1.29, 1.82) is 0 Å². The van der Waals surface area contributed by atoms with Gasteiger partial charge in [0.1, 0.15) is 5.82 Å². The van der Waals surface area contributed by atoms with Gasteiger partial charge in [0.05, 0.1) is 0 Å². The second-order valence-corrected chi connectivity index (χ2v) is 5.02. The quantitative estimate of drug-likeness (QED) is 0.792. The number of nitrogens with zero attached hydrogens (tertiary/aromatic N) is 1. The van der Waals surface area contributed by atoms with Crippen LogP contribution in [0.15, 0.2) is 48.5 Å². The van der Waals surface area contributed by atoms with E-state index in [1.54, 1.807) is 6.07 Å². The van der Waals surface area contributed by atoms with Crippen molar-refractivity contribution >= 4 is 12.6 Å². The number of halogens is 1. The maximum atomic E-state index is 13.5. The van der Waals surface area contributed by atoms with Crippen LogP contribution < -0.4 is 5.46 Å². The van der Waals surface area contributed by atoms with Crippen LogP contribution in [0.3, 0.4) is 0 Å². The van der Waals surface area contributed by atoms with Gasteiger partial charge >= 0.3 is 7.12 Å². The van der Waals surface area contributed by atoms with Gasteiger partial charge in [0.15, 0.2) is 0 Å². The Bertz CT molecular complexity index is 578. The highest BCUT2D eigenvalue weighted by Crippen LogP contribution is 2.10. The fourth-order valence-electron chi connectivity index (χ4n) is 2.27.